The molecule has 1 aliphatic rings. The summed E-state index contributed by atoms with van der Waals surface area (Å²) in [6.07, 6.45) is -2.40. The van der Waals surface area contributed by atoms with Crippen molar-refractivity contribution >= 4 is 5.97 Å². The van der Waals surface area contributed by atoms with Crippen LogP contribution >= 0.6 is 0 Å². The zero-order valence-corrected chi connectivity index (χ0v) is 12.5. The minimum absolute atomic E-state index is 0.0312. The van der Waals surface area contributed by atoms with E-state index in [1.165, 1.54) is 12.1 Å². The first-order valence-corrected chi connectivity index (χ1v) is 7.46. The normalized spacial score (nSPS) is 17.5. The van der Waals surface area contributed by atoms with Crippen LogP contribution in [0.5, 0.6) is 0 Å². The fourth-order valence-corrected chi connectivity index (χ4v) is 2.51. The van der Waals surface area contributed by atoms with Gasteiger partial charge in [-0.15, -0.1) is 0 Å². The lowest BCUT2D eigenvalue weighted by Gasteiger charge is -2.31. The molecule has 0 saturated carbocycles. The lowest BCUT2D eigenvalue weighted by molar-refractivity contribution is -0.150. The number of alkyl halides is 3. The van der Waals surface area contributed by atoms with E-state index in [0.29, 0.717) is 13.0 Å². The second-order valence-corrected chi connectivity index (χ2v) is 5.51. The smallest absolute Gasteiger partial charge is 0.416 e. The molecule has 1 aromatic carbocycles. The summed E-state index contributed by atoms with van der Waals surface area (Å²) < 4.78 is 42.8. The number of likely N-dealkylation sites (tertiary alicyclic amines) is 1. The standard InChI is InChI=1S/C16H20F3NO2/c1-2-15(21)22-14-7-9-20(10-8-14)11-12-3-5-13(6-4-12)16(17,18)19/h3-6,14H,2,7-11H2,1H3. The monoisotopic (exact) mass is 315 g/mol. The number of piperidine rings is 1. The molecule has 0 bridgehead atoms. The van der Waals surface area contributed by atoms with Crippen molar-refractivity contribution in [2.75, 3.05) is 13.1 Å². The van der Waals surface area contributed by atoms with Crippen LogP contribution in [0.2, 0.25) is 0 Å². The highest BCUT2D eigenvalue weighted by atomic mass is 19.4. The molecule has 1 heterocycles. The lowest BCUT2D eigenvalue weighted by atomic mass is 10.1. The fraction of sp³-hybridized carbons (Fsp3) is 0.562. The van der Waals surface area contributed by atoms with Gasteiger partial charge in [-0.2, -0.15) is 13.2 Å². The molecule has 0 unspecified atom stereocenters. The first-order chi connectivity index (χ1) is 10.4. The van der Waals surface area contributed by atoms with Gasteiger partial charge in [-0.3, -0.25) is 9.69 Å². The number of carbonyl (C=O) groups excluding carboxylic acids is 1. The van der Waals surface area contributed by atoms with E-state index in [-0.39, 0.29) is 12.1 Å². The Morgan fingerprint density at radius 2 is 1.82 bits per heavy atom. The molecule has 0 aromatic heterocycles. The van der Waals surface area contributed by atoms with Crippen molar-refractivity contribution in [1.29, 1.82) is 0 Å². The molecule has 0 N–H and O–H groups in total. The quantitative estimate of drug-likeness (QED) is 0.795. The highest BCUT2D eigenvalue weighted by Gasteiger charge is 2.30. The molecule has 0 spiro atoms. The molecule has 0 radical (unpaired) electrons. The van der Waals surface area contributed by atoms with Crippen molar-refractivity contribution in [3.8, 4) is 0 Å². The van der Waals surface area contributed by atoms with Gasteiger partial charge in [0.25, 0.3) is 0 Å². The molecule has 1 saturated heterocycles. The molecule has 1 aliphatic heterocycles. The first-order valence-electron chi connectivity index (χ1n) is 7.46. The van der Waals surface area contributed by atoms with E-state index < -0.39 is 11.7 Å². The van der Waals surface area contributed by atoms with E-state index in [4.69, 9.17) is 4.74 Å². The summed E-state index contributed by atoms with van der Waals surface area (Å²) in [4.78, 5) is 13.4. The van der Waals surface area contributed by atoms with E-state index in [1.807, 2.05) is 0 Å². The minimum atomic E-state index is -4.29. The number of rotatable bonds is 4. The Morgan fingerprint density at radius 3 is 2.32 bits per heavy atom. The van der Waals surface area contributed by atoms with Crippen LogP contribution < -0.4 is 0 Å². The molecule has 2 rings (SSSR count). The Balaban J connectivity index is 1.82. The third-order valence-corrected chi connectivity index (χ3v) is 3.81. The number of hydrogen-bond acceptors (Lipinski definition) is 3. The lowest BCUT2D eigenvalue weighted by Crippen LogP contribution is -2.37. The predicted molar refractivity (Wildman–Crippen MR) is 76.1 cm³/mol. The molecular formula is C16H20F3NO2. The largest absolute Gasteiger partial charge is 0.462 e. The van der Waals surface area contributed by atoms with E-state index in [2.05, 4.69) is 4.90 Å². The van der Waals surface area contributed by atoms with Crippen LogP contribution in [0.1, 0.15) is 37.3 Å². The highest BCUT2D eigenvalue weighted by Crippen LogP contribution is 2.29. The summed E-state index contributed by atoms with van der Waals surface area (Å²) in [5.41, 5.74) is 0.235. The minimum Gasteiger partial charge on any atom is -0.462 e. The molecule has 22 heavy (non-hydrogen) atoms. The second-order valence-electron chi connectivity index (χ2n) is 5.51. The van der Waals surface area contributed by atoms with Gasteiger partial charge in [0.15, 0.2) is 0 Å². The first kappa shape index (κ1) is 16.8. The highest BCUT2D eigenvalue weighted by molar-refractivity contribution is 5.69. The summed E-state index contributed by atoms with van der Waals surface area (Å²) in [6.45, 7) is 3.94. The zero-order valence-electron chi connectivity index (χ0n) is 12.5. The van der Waals surface area contributed by atoms with Gasteiger partial charge in [-0.1, -0.05) is 19.1 Å². The zero-order chi connectivity index (χ0) is 16.2. The van der Waals surface area contributed by atoms with E-state index in [9.17, 15) is 18.0 Å². The van der Waals surface area contributed by atoms with Crippen LogP contribution in [0, 0.1) is 0 Å². The molecule has 3 nitrogen and oxygen atoms in total. The van der Waals surface area contributed by atoms with Crippen LogP contribution in [0.15, 0.2) is 24.3 Å². The van der Waals surface area contributed by atoms with Crippen molar-refractivity contribution in [2.45, 2.75) is 45.0 Å². The maximum absolute atomic E-state index is 12.5. The third kappa shape index (κ3) is 4.73. The summed E-state index contributed by atoms with van der Waals surface area (Å²) in [7, 11) is 0. The van der Waals surface area contributed by atoms with Gasteiger partial charge in [0.05, 0.1) is 5.56 Å². The van der Waals surface area contributed by atoms with Crippen molar-refractivity contribution in [2.24, 2.45) is 0 Å². The second kappa shape index (κ2) is 7.13. The van der Waals surface area contributed by atoms with Gasteiger partial charge in [0, 0.05) is 26.1 Å². The third-order valence-electron chi connectivity index (χ3n) is 3.81. The maximum Gasteiger partial charge on any atom is 0.416 e. The Hall–Kier alpha value is -1.56. The average Bonchev–Trinajstić information content (AvgIpc) is 2.49. The number of halogens is 3. The number of nitrogens with zero attached hydrogens (tertiary/aromatic N) is 1. The van der Waals surface area contributed by atoms with Crippen LogP contribution in [-0.4, -0.2) is 30.1 Å². The summed E-state index contributed by atoms with van der Waals surface area (Å²) in [5.74, 6) is -0.179. The van der Waals surface area contributed by atoms with Gasteiger partial charge in [0.2, 0.25) is 0 Å². The molecule has 0 amide bonds. The molecular weight excluding hydrogens is 295 g/mol. The Labute approximate surface area is 128 Å². The molecule has 1 aromatic rings. The number of esters is 1. The number of benzene rings is 1. The molecule has 6 heteroatoms. The van der Waals surface area contributed by atoms with Crippen LogP contribution in [-0.2, 0) is 22.3 Å². The summed E-state index contributed by atoms with van der Waals surface area (Å²) in [5, 5.41) is 0. The van der Waals surface area contributed by atoms with Crippen molar-refractivity contribution in [3.05, 3.63) is 35.4 Å². The fourth-order valence-electron chi connectivity index (χ4n) is 2.51. The molecule has 0 atom stereocenters. The van der Waals surface area contributed by atoms with Crippen LogP contribution in [0.25, 0.3) is 0 Å². The van der Waals surface area contributed by atoms with E-state index in [1.54, 1.807) is 6.92 Å². The van der Waals surface area contributed by atoms with Crippen LogP contribution in [0.3, 0.4) is 0 Å². The summed E-state index contributed by atoms with van der Waals surface area (Å²) >= 11 is 0. The van der Waals surface area contributed by atoms with Gasteiger partial charge >= 0.3 is 12.1 Å². The van der Waals surface area contributed by atoms with Gasteiger partial charge in [0.1, 0.15) is 6.10 Å². The predicted octanol–water partition coefficient (Wildman–Crippen LogP) is 3.62. The average molecular weight is 315 g/mol. The van der Waals surface area contributed by atoms with Crippen molar-refractivity contribution in [1.82, 2.24) is 4.90 Å². The van der Waals surface area contributed by atoms with Crippen LogP contribution in [0.4, 0.5) is 13.2 Å². The Bertz CT molecular complexity index is 491. The van der Waals surface area contributed by atoms with Crippen molar-refractivity contribution < 1.29 is 22.7 Å². The van der Waals surface area contributed by atoms with Crippen molar-refractivity contribution in [3.63, 3.8) is 0 Å². The maximum atomic E-state index is 12.5. The molecule has 0 aliphatic carbocycles. The van der Waals surface area contributed by atoms with Gasteiger partial charge in [-0.25, -0.2) is 0 Å². The Morgan fingerprint density at radius 1 is 1.23 bits per heavy atom. The number of carbonyl (C=O) groups is 1. The topological polar surface area (TPSA) is 29.5 Å². The van der Waals surface area contributed by atoms with E-state index in [0.717, 1.165) is 43.6 Å². The van der Waals surface area contributed by atoms with Gasteiger partial charge in [-0.05, 0) is 30.5 Å². The van der Waals surface area contributed by atoms with Gasteiger partial charge < -0.3 is 4.74 Å². The Kier molecular flexibility index (Phi) is 5.45. The molecule has 1 fully saturated rings. The number of hydrogen-bond donors (Lipinski definition) is 0. The summed E-state index contributed by atoms with van der Waals surface area (Å²) in [6, 6.07) is 5.27. The molecule has 122 valence electrons. The number of ether oxygens (including phenoxy) is 1. The SMILES string of the molecule is CCC(=O)OC1CCN(Cc2ccc(C(F)(F)F)cc2)CC1. The van der Waals surface area contributed by atoms with E-state index >= 15 is 0 Å².